The molecule has 1 aliphatic carbocycles. The van der Waals surface area contributed by atoms with E-state index in [0.29, 0.717) is 6.04 Å². The van der Waals surface area contributed by atoms with Gasteiger partial charge in [-0.2, -0.15) is 0 Å². The molecule has 1 fully saturated rings. The number of nitrogens with one attached hydrogen (secondary N) is 1. The van der Waals surface area contributed by atoms with Gasteiger partial charge < -0.3 is 10.1 Å². The van der Waals surface area contributed by atoms with Crippen molar-refractivity contribution < 1.29 is 5.11 Å². The summed E-state index contributed by atoms with van der Waals surface area (Å²) in [6.07, 6.45) is 8.65. The first-order valence-corrected chi connectivity index (χ1v) is 9.17. The molecule has 0 aliphatic heterocycles. The Hall–Kier alpha value is -2.33. The highest BCUT2D eigenvalue weighted by Crippen LogP contribution is 2.35. The maximum absolute atomic E-state index is 10.3. The zero-order valence-corrected chi connectivity index (χ0v) is 14.7. The average Bonchev–Trinajstić information content (AvgIpc) is 2.99. The molecule has 0 bridgehead atoms. The number of aromatic amines is 1. The molecule has 2 heterocycles. The maximum Gasteiger partial charge on any atom is 0.199 e. The van der Waals surface area contributed by atoms with Crippen molar-refractivity contribution in [1.82, 2.24) is 14.9 Å². The van der Waals surface area contributed by atoms with Crippen LogP contribution in [0.5, 0.6) is 5.88 Å². The van der Waals surface area contributed by atoms with Crippen molar-refractivity contribution in [2.45, 2.75) is 44.7 Å². The van der Waals surface area contributed by atoms with Crippen molar-refractivity contribution >= 4 is 10.9 Å². The number of nitrogens with zero attached hydrogens (tertiary/aromatic N) is 2. The molecule has 1 saturated carbocycles. The molecule has 0 spiro atoms. The lowest BCUT2D eigenvalue weighted by atomic mass is 9.94. The number of pyridine rings is 1. The van der Waals surface area contributed by atoms with E-state index in [-0.39, 0.29) is 5.88 Å². The summed E-state index contributed by atoms with van der Waals surface area (Å²) in [7, 11) is 2.22. The molecular formula is C21H25N3O. The van der Waals surface area contributed by atoms with Crippen LogP contribution in [0.4, 0.5) is 0 Å². The Morgan fingerprint density at radius 1 is 1.12 bits per heavy atom. The molecule has 3 aromatic rings. The van der Waals surface area contributed by atoms with Crippen molar-refractivity contribution in [3.63, 3.8) is 0 Å². The Bertz CT molecular complexity index is 847. The first-order chi connectivity index (χ1) is 12.2. The molecular weight excluding hydrogens is 310 g/mol. The Morgan fingerprint density at radius 3 is 2.68 bits per heavy atom. The third-order valence-electron chi connectivity index (χ3n) is 5.40. The van der Waals surface area contributed by atoms with Gasteiger partial charge in [-0.25, -0.2) is 0 Å². The molecule has 2 aromatic heterocycles. The number of fused-ring (bicyclic) bond motifs is 1. The number of benzene rings is 1. The summed E-state index contributed by atoms with van der Waals surface area (Å²) >= 11 is 0. The molecule has 2 N–H and O–H groups in total. The van der Waals surface area contributed by atoms with Gasteiger partial charge in [0.1, 0.15) is 0 Å². The minimum Gasteiger partial charge on any atom is -0.494 e. The van der Waals surface area contributed by atoms with Crippen LogP contribution < -0.4 is 0 Å². The van der Waals surface area contributed by atoms with Crippen LogP contribution in [0, 0.1) is 0 Å². The Balaban J connectivity index is 1.54. The predicted octanol–water partition coefficient (Wildman–Crippen LogP) is 4.70. The second kappa shape index (κ2) is 6.89. The molecule has 4 heteroatoms. The molecule has 1 aromatic carbocycles. The summed E-state index contributed by atoms with van der Waals surface area (Å²) in [6, 6.07) is 12.7. The molecule has 0 saturated heterocycles. The van der Waals surface area contributed by atoms with Crippen LogP contribution in [0.25, 0.3) is 22.2 Å². The zero-order valence-electron chi connectivity index (χ0n) is 14.7. The fourth-order valence-corrected chi connectivity index (χ4v) is 3.99. The summed E-state index contributed by atoms with van der Waals surface area (Å²) in [5, 5.41) is 11.3. The smallest absolute Gasteiger partial charge is 0.199 e. The zero-order chi connectivity index (χ0) is 17.2. The van der Waals surface area contributed by atoms with E-state index in [4.69, 9.17) is 0 Å². The van der Waals surface area contributed by atoms with Gasteiger partial charge in [-0.15, -0.1) is 0 Å². The molecule has 4 rings (SSSR count). The Kier molecular flexibility index (Phi) is 4.45. The van der Waals surface area contributed by atoms with Crippen LogP contribution in [0.1, 0.15) is 37.7 Å². The van der Waals surface area contributed by atoms with Gasteiger partial charge in [-0.1, -0.05) is 43.5 Å². The standard InChI is InChI=1S/C21H25N3O/c1-24(16-7-3-2-4-8-16)14-15-11-12-19(22-13-15)20-17-9-5-6-10-18(17)23-21(20)25/h5-6,9-13,16,23,25H,2-4,7-8,14H2,1H3. The fourth-order valence-electron chi connectivity index (χ4n) is 3.99. The van der Waals surface area contributed by atoms with Gasteiger partial charge in [-0.3, -0.25) is 9.88 Å². The highest BCUT2D eigenvalue weighted by molar-refractivity contribution is 5.97. The molecule has 0 unspecified atom stereocenters. The van der Waals surface area contributed by atoms with Gasteiger partial charge in [0, 0.05) is 29.7 Å². The van der Waals surface area contributed by atoms with E-state index in [0.717, 1.165) is 28.7 Å². The monoisotopic (exact) mass is 335 g/mol. The van der Waals surface area contributed by atoms with Crippen LogP contribution in [-0.2, 0) is 6.54 Å². The third-order valence-corrected chi connectivity index (χ3v) is 5.40. The average molecular weight is 335 g/mol. The quantitative estimate of drug-likeness (QED) is 0.726. The molecule has 130 valence electrons. The highest BCUT2D eigenvalue weighted by atomic mass is 16.3. The normalized spacial score (nSPS) is 15.9. The van der Waals surface area contributed by atoms with Crippen molar-refractivity contribution in [3.8, 4) is 17.1 Å². The summed E-state index contributed by atoms with van der Waals surface area (Å²) in [5.41, 5.74) is 3.73. The van der Waals surface area contributed by atoms with E-state index in [9.17, 15) is 5.11 Å². The maximum atomic E-state index is 10.3. The predicted molar refractivity (Wildman–Crippen MR) is 102 cm³/mol. The molecule has 0 radical (unpaired) electrons. The molecule has 25 heavy (non-hydrogen) atoms. The van der Waals surface area contributed by atoms with E-state index in [2.05, 4.69) is 28.0 Å². The summed E-state index contributed by atoms with van der Waals surface area (Å²) in [6.45, 7) is 0.928. The van der Waals surface area contributed by atoms with Gasteiger partial charge in [0.25, 0.3) is 0 Å². The minimum absolute atomic E-state index is 0.181. The first kappa shape index (κ1) is 16.2. The number of hydrogen-bond donors (Lipinski definition) is 2. The highest BCUT2D eigenvalue weighted by Gasteiger charge is 2.18. The number of H-pyrrole nitrogens is 1. The fraction of sp³-hybridized carbons (Fsp3) is 0.381. The van der Waals surface area contributed by atoms with Gasteiger partial charge >= 0.3 is 0 Å². The van der Waals surface area contributed by atoms with Crippen LogP contribution in [-0.4, -0.2) is 33.1 Å². The number of rotatable bonds is 4. The number of aromatic nitrogens is 2. The largest absolute Gasteiger partial charge is 0.494 e. The lowest BCUT2D eigenvalue weighted by Crippen LogP contribution is -2.32. The van der Waals surface area contributed by atoms with Crippen LogP contribution in [0.2, 0.25) is 0 Å². The first-order valence-electron chi connectivity index (χ1n) is 9.17. The van der Waals surface area contributed by atoms with E-state index < -0.39 is 0 Å². The van der Waals surface area contributed by atoms with E-state index >= 15 is 0 Å². The summed E-state index contributed by atoms with van der Waals surface area (Å²) in [5.74, 6) is 0.181. The second-order valence-corrected chi connectivity index (χ2v) is 7.15. The van der Waals surface area contributed by atoms with Gasteiger partial charge in [-0.05, 0) is 37.6 Å². The van der Waals surface area contributed by atoms with Gasteiger partial charge in [0.2, 0.25) is 0 Å². The Labute approximate surface area is 148 Å². The molecule has 0 amide bonds. The minimum atomic E-state index is 0.181. The van der Waals surface area contributed by atoms with Crippen LogP contribution >= 0.6 is 0 Å². The van der Waals surface area contributed by atoms with Gasteiger partial charge in [0.15, 0.2) is 5.88 Å². The number of hydrogen-bond acceptors (Lipinski definition) is 3. The SMILES string of the molecule is CN(Cc1ccc(-c2c(O)[nH]c3ccccc23)nc1)C1CCCCC1. The van der Waals surface area contributed by atoms with Crippen molar-refractivity contribution in [1.29, 1.82) is 0 Å². The van der Waals surface area contributed by atoms with E-state index in [1.54, 1.807) is 0 Å². The number of aromatic hydroxyl groups is 1. The summed E-state index contributed by atoms with van der Waals surface area (Å²) in [4.78, 5) is 10.1. The van der Waals surface area contributed by atoms with E-state index in [1.165, 1.54) is 37.7 Å². The lowest BCUT2D eigenvalue weighted by Gasteiger charge is -2.31. The molecule has 0 atom stereocenters. The summed E-state index contributed by atoms with van der Waals surface area (Å²) < 4.78 is 0. The second-order valence-electron chi connectivity index (χ2n) is 7.15. The van der Waals surface area contributed by atoms with Crippen molar-refractivity contribution in [3.05, 3.63) is 48.2 Å². The van der Waals surface area contributed by atoms with Crippen LogP contribution in [0.15, 0.2) is 42.6 Å². The molecule has 1 aliphatic rings. The third kappa shape index (κ3) is 3.27. The van der Waals surface area contributed by atoms with Crippen molar-refractivity contribution in [2.75, 3.05) is 7.05 Å². The van der Waals surface area contributed by atoms with E-state index in [1.807, 2.05) is 36.5 Å². The topological polar surface area (TPSA) is 52.1 Å². The van der Waals surface area contributed by atoms with Crippen LogP contribution in [0.3, 0.4) is 0 Å². The number of para-hydroxylation sites is 1. The van der Waals surface area contributed by atoms with Gasteiger partial charge in [0.05, 0.1) is 11.3 Å². The lowest BCUT2D eigenvalue weighted by molar-refractivity contribution is 0.184. The Morgan fingerprint density at radius 2 is 1.92 bits per heavy atom. The molecule has 4 nitrogen and oxygen atoms in total. The van der Waals surface area contributed by atoms with Crippen molar-refractivity contribution in [2.24, 2.45) is 0 Å².